The molecule has 0 heterocycles. The molecule has 0 aliphatic carbocycles. The molecule has 0 fully saturated rings. The van der Waals surface area contributed by atoms with Gasteiger partial charge in [0.2, 0.25) is 0 Å². The van der Waals surface area contributed by atoms with Crippen LogP contribution in [-0.4, -0.2) is 5.11 Å². The van der Waals surface area contributed by atoms with E-state index in [0.29, 0.717) is 5.92 Å². The predicted octanol–water partition coefficient (Wildman–Crippen LogP) is 3.64. The molecule has 0 aliphatic rings. The molecule has 0 unspecified atom stereocenters. The van der Waals surface area contributed by atoms with E-state index < -0.39 is 0 Å². The summed E-state index contributed by atoms with van der Waals surface area (Å²) in [6, 6.07) is 8.27. The highest BCUT2D eigenvalue weighted by molar-refractivity contribution is 5.27. The summed E-state index contributed by atoms with van der Waals surface area (Å²) in [6.45, 7) is 6.44. The van der Waals surface area contributed by atoms with Crippen LogP contribution in [-0.2, 0) is 0 Å². The maximum Gasteiger partial charge on any atom is 0.0790 e. The summed E-state index contributed by atoms with van der Waals surface area (Å²) >= 11 is 0. The van der Waals surface area contributed by atoms with E-state index in [-0.39, 0.29) is 6.10 Å². The minimum atomic E-state index is -0.293. The maximum atomic E-state index is 9.83. The zero-order valence-electron chi connectivity index (χ0n) is 9.33. The molecule has 1 N–H and O–H groups in total. The molecular formula is C13H20O. The summed E-state index contributed by atoms with van der Waals surface area (Å²) in [7, 11) is 0. The molecule has 1 aromatic carbocycles. The van der Waals surface area contributed by atoms with Gasteiger partial charge in [-0.3, -0.25) is 0 Å². The van der Waals surface area contributed by atoms with Gasteiger partial charge in [-0.05, 0) is 23.5 Å². The van der Waals surface area contributed by atoms with Crippen molar-refractivity contribution in [2.75, 3.05) is 0 Å². The largest absolute Gasteiger partial charge is 0.388 e. The summed E-state index contributed by atoms with van der Waals surface area (Å²) in [5, 5.41) is 9.83. The van der Waals surface area contributed by atoms with Gasteiger partial charge in [-0.15, -0.1) is 0 Å². The van der Waals surface area contributed by atoms with Crippen molar-refractivity contribution in [1.29, 1.82) is 0 Å². The standard InChI is InChI=1S/C13H20O/c1-4-6-13(14)12-8-5-7-11(9-12)10(2)3/h5,7-10,13-14H,4,6H2,1-3H3/t13-/m0/s1. The smallest absolute Gasteiger partial charge is 0.0790 e. The number of aliphatic hydroxyl groups is 1. The van der Waals surface area contributed by atoms with Crippen molar-refractivity contribution in [3.63, 3.8) is 0 Å². The summed E-state index contributed by atoms with van der Waals surface area (Å²) < 4.78 is 0. The average molecular weight is 192 g/mol. The van der Waals surface area contributed by atoms with E-state index in [9.17, 15) is 5.11 Å². The molecule has 0 saturated carbocycles. The van der Waals surface area contributed by atoms with Crippen molar-refractivity contribution in [1.82, 2.24) is 0 Å². The van der Waals surface area contributed by atoms with Crippen LogP contribution in [0.2, 0.25) is 0 Å². The molecule has 78 valence electrons. The van der Waals surface area contributed by atoms with E-state index in [1.165, 1.54) is 5.56 Å². The van der Waals surface area contributed by atoms with Gasteiger partial charge in [0.1, 0.15) is 0 Å². The lowest BCUT2D eigenvalue weighted by molar-refractivity contribution is 0.166. The molecule has 1 heteroatoms. The Morgan fingerprint density at radius 1 is 1.21 bits per heavy atom. The summed E-state index contributed by atoms with van der Waals surface area (Å²) in [5.41, 5.74) is 2.36. The van der Waals surface area contributed by atoms with E-state index in [4.69, 9.17) is 0 Å². The van der Waals surface area contributed by atoms with Crippen LogP contribution in [0.3, 0.4) is 0 Å². The third kappa shape index (κ3) is 2.85. The topological polar surface area (TPSA) is 20.2 Å². The van der Waals surface area contributed by atoms with Crippen molar-refractivity contribution in [3.05, 3.63) is 35.4 Å². The number of aliphatic hydroxyl groups excluding tert-OH is 1. The average Bonchev–Trinajstić information content (AvgIpc) is 2.18. The SMILES string of the molecule is CCC[C@H](O)c1cccc(C(C)C)c1. The van der Waals surface area contributed by atoms with Gasteiger partial charge in [-0.2, -0.15) is 0 Å². The van der Waals surface area contributed by atoms with Crippen LogP contribution in [0.5, 0.6) is 0 Å². The first kappa shape index (κ1) is 11.3. The molecule has 0 bridgehead atoms. The molecule has 0 spiro atoms. The Morgan fingerprint density at radius 2 is 1.86 bits per heavy atom. The van der Waals surface area contributed by atoms with Gasteiger partial charge in [0, 0.05) is 0 Å². The van der Waals surface area contributed by atoms with Crippen molar-refractivity contribution >= 4 is 0 Å². The molecule has 0 radical (unpaired) electrons. The third-order valence-corrected chi connectivity index (χ3v) is 2.52. The Bertz CT molecular complexity index is 278. The van der Waals surface area contributed by atoms with Crippen molar-refractivity contribution in [2.24, 2.45) is 0 Å². The highest BCUT2D eigenvalue weighted by atomic mass is 16.3. The fourth-order valence-electron chi connectivity index (χ4n) is 1.57. The lowest BCUT2D eigenvalue weighted by Crippen LogP contribution is -1.98. The normalized spacial score (nSPS) is 13.2. The quantitative estimate of drug-likeness (QED) is 0.772. The summed E-state index contributed by atoms with van der Waals surface area (Å²) in [4.78, 5) is 0. The number of hydrogen-bond acceptors (Lipinski definition) is 1. The first-order chi connectivity index (χ1) is 6.65. The third-order valence-electron chi connectivity index (χ3n) is 2.52. The lowest BCUT2D eigenvalue weighted by atomic mass is 9.97. The van der Waals surface area contributed by atoms with Gasteiger partial charge in [0.25, 0.3) is 0 Å². The number of rotatable bonds is 4. The van der Waals surface area contributed by atoms with Gasteiger partial charge in [-0.1, -0.05) is 51.5 Å². The second-order valence-electron chi connectivity index (χ2n) is 4.13. The highest BCUT2D eigenvalue weighted by Crippen LogP contribution is 2.22. The number of hydrogen-bond donors (Lipinski definition) is 1. The Kier molecular flexibility index (Phi) is 4.15. The van der Waals surface area contributed by atoms with Crippen LogP contribution in [0, 0.1) is 0 Å². The zero-order valence-corrected chi connectivity index (χ0v) is 9.33. The van der Waals surface area contributed by atoms with Gasteiger partial charge in [0.05, 0.1) is 6.10 Å². The van der Waals surface area contributed by atoms with Crippen LogP contribution in [0.4, 0.5) is 0 Å². The van der Waals surface area contributed by atoms with E-state index in [1.807, 2.05) is 12.1 Å². The van der Waals surface area contributed by atoms with Gasteiger partial charge in [0.15, 0.2) is 0 Å². The zero-order chi connectivity index (χ0) is 10.6. The second kappa shape index (κ2) is 5.16. The van der Waals surface area contributed by atoms with Crippen molar-refractivity contribution in [3.8, 4) is 0 Å². The Labute approximate surface area is 86.8 Å². The van der Waals surface area contributed by atoms with Gasteiger partial charge in [-0.25, -0.2) is 0 Å². The Balaban J connectivity index is 2.82. The molecule has 0 aromatic heterocycles. The fraction of sp³-hybridized carbons (Fsp3) is 0.538. The first-order valence-electron chi connectivity index (χ1n) is 5.43. The number of benzene rings is 1. The van der Waals surface area contributed by atoms with Crippen molar-refractivity contribution in [2.45, 2.75) is 45.6 Å². The summed E-state index contributed by atoms with van der Waals surface area (Å²) in [6.07, 6.45) is 1.58. The van der Waals surface area contributed by atoms with Crippen molar-refractivity contribution < 1.29 is 5.11 Å². The predicted molar refractivity (Wildman–Crippen MR) is 60.4 cm³/mol. The molecule has 0 aliphatic heterocycles. The fourth-order valence-corrected chi connectivity index (χ4v) is 1.57. The molecule has 1 aromatic rings. The van der Waals surface area contributed by atoms with E-state index in [1.54, 1.807) is 0 Å². The Hall–Kier alpha value is -0.820. The molecule has 1 atom stereocenters. The molecule has 1 rings (SSSR count). The van der Waals surface area contributed by atoms with E-state index >= 15 is 0 Å². The summed E-state index contributed by atoms with van der Waals surface area (Å²) in [5.74, 6) is 0.531. The minimum absolute atomic E-state index is 0.293. The molecule has 0 amide bonds. The van der Waals surface area contributed by atoms with Crippen LogP contribution in [0.1, 0.15) is 56.8 Å². The molecule has 0 saturated heterocycles. The lowest BCUT2D eigenvalue weighted by Gasteiger charge is -2.12. The van der Waals surface area contributed by atoms with Crippen LogP contribution in [0.25, 0.3) is 0 Å². The molecule has 14 heavy (non-hydrogen) atoms. The van der Waals surface area contributed by atoms with E-state index in [2.05, 4.69) is 32.9 Å². The Morgan fingerprint density at radius 3 is 2.43 bits per heavy atom. The van der Waals surface area contributed by atoms with Gasteiger partial charge < -0.3 is 5.11 Å². The van der Waals surface area contributed by atoms with Crippen LogP contribution >= 0.6 is 0 Å². The minimum Gasteiger partial charge on any atom is -0.388 e. The second-order valence-corrected chi connectivity index (χ2v) is 4.13. The van der Waals surface area contributed by atoms with Crippen LogP contribution in [0.15, 0.2) is 24.3 Å². The molecular weight excluding hydrogens is 172 g/mol. The molecule has 1 nitrogen and oxygen atoms in total. The highest BCUT2D eigenvalue weighted by Gasteiger charge is 2.07. The first-order valence-corrected chi connectivity index (χ1v) is 5.43. The monoisotopic (exact) mass is 192 g/mol. The van der Waals surface area contributed by atoms with E-state index in [0.717, 1.165) is 18.4 Å². The maximum absolute atomic E-state index is 9.83. The van der Waals surface area contributed by atoms with Crippen LogP contribution < -0.4 is 0 Å². The van der Waals surface area contributed by atoms with Gasteiger partial charge >= 0.3 is 0 Å².